The van der Waals surface area contributed by atoms with E-state index in [1.807, 2.05) is 19.1 Å². The number of benzene rings is 1. The summed E-state index contributed by atoms with van der Waals surface area (Å²) in [4.78, 5) is 11.0. The molecule has 3 nitrogen and oxygen atoms in total. The van der Waals surface area contributed by atoms with Gasteiger partial charge in [0.2, 0.25) is 5.91 Å². The summed E-state index contributed by atoms with van der Waals surface area (Å²) in [5.41, 5.74) is 7.99. The molecule has 0 aliphatic heterocycles. The van der Waals surface area contributed by atoms with Crippen LogP contribution in [0.1, 0.15) is 35.2 Å². The van der Waals surface area contributed by atoms with Crippen molar-refractivity contribution in [2.24, 2.45) is 11.7 Å². The van der Waals surface area contributed by atoms with E-state index >= 15 is 0 Å². The van der Waals surface area contributed by atoms with Crippen LogP contribution in [-0.4, -0.2) is 12.5 Å². The van der Waals surface area contributed by atoms with Crippen LogP contribution in [0.25, 0.3) is 0 Å². The van der Waals surface area contributed by atoms with Crippen LogP contribution in [-0.2, 0) is 0 Å². The smallest absolute Gasteiger partial charge is 0.248 e. The molecule has 1 amide bonds. The second-order valence-electron chi connectivity index (χ2n) is 4.57. The number of hydrogen-bond acceptors (Lipinski definition) is 2. The minimum absolute atomic E-state index is 0.367. The van der Waals surface area contributed by atoms with Gasteiger partial charge in [0.05, 0.1) is 0 Å². The standard InChI is InChI=1S/C13H18N2O/c1-9-7-11(13(14)16)5-6-12(9)15-8-10-3-2-4-10/h5-7,10,15H,2-4,8H2,1H3,(H2,14,16). The molecular formula is C13H18N2O. The first kappa shape index (κ1) is 11.0. The van der Waals surface area contributed by atoms with Crippen LogP contribution in [0.3, 0.4) is 0 Å². The van der Waals surface area contributed by atoms with Crippen molar-refractivity contribution in [2.75, 3.05) is 11.9 Å². The maximum absolute atomic E-state index is 11.0. The Labute approximate surface area is 96.0 Å². The number of nitrogens with two attached hydrogens (primary N) is 1. The molecule has 2 rings (SSSR count). The molecule has 0 radical (unpaired) electrons. The number of hydrogen-bond donors (Lipinski definition) is 2. The minimum atomic E-state index is -0.367. The molecule has 0 unspecified atom stereocenters. The van der Waals surface area contributed by atoms with Crippen molar-refractivity contribution in [3.8, 4) is 0 Å². The summed E-state index contributed by atoms with van der Waals surface area (Å²) < 4.78 is 0. The highest BCUT2D eigenvalue weighted by Gasteiger charge is 2.16. The van der Waals surface area contributed by atoms with Crippen LogP contribution in [0.4, 0.5) is 5.69 Å². The minimum Gasteiger partial charge on any atom is -0.385 e. The van der Waals surface area contributed by atoms with E-state index in [0.29, 0.717) is 5.56 Å². The van der Waals surface area contributed by atoms with Crippen LogP contribution in [0.2, 0.25) is 0 Å². The molecule has 1 aliphatic rings. The second-order valence-corrected chi connectivity index (χ2v) is 4.57. The lowest BCUT2D eigenvalue weighted by molar-refractivity contribution is 0.1000. The van der Waals surface area contributed by atoms with Crippen molar-refractivity contribution >= 4 is 11.6 Å². The zero-order valence-electron chi connectivity index (χ0n) is 9.62. The normalized spacial score (nSPS) is 15.6. The van der Waals surface area contributed by atoms with Crippen LogP contribution in [0, 0.1) is 12.8 Å². The number of anilines is 1. The van der Waals surface area contributed by atoms with E-state index in [1.165, 1.54) is 19.3 Å². The summed E-state index contributed by atoms with van der Waals surface area (Å²) in [6, 6.07) is 5.55. The van der Waals surface area contributed by atoms with Crippen LogP contribution >= 0.6 is 0 Å². The van der Waals surface area contributed by atoms with E-state index in [1.54, 1.807) is 6.07 Å². The topological polar surface area (TPSA) is 55.1 Å². The highest BCUT2D eigenvalue weighted by atomic mass is 16.1. The number of amides is 1. The van der Waals surface area contributed by atoms with E-state index in [4.69, 9.17) is 5.73 Å². The lowest BCUT2D eigenvalue weighted by Gasteiger charge is -2.26. The molecule has 0 heterocycles. The Morgan fingerprint density at radius 3 is 2.75 bits per heavy atom. The first-order valence-electron chi connectivity index (χ1n) is 5.81. The van der Waals surface area contributed by atoms with Crippen molar-refractivity contribution in [1.29, 1.82) is 0 Å². The molecule has 1 fully saturated rings. The Morgan fingerprint density at radius 2 is 2.25 bits per heavy atom. The molecule has 0 bridgehead atoms. The third kappa shape index (κ3) is 2.35. The van der Waals surface area contributed by atoms with E-state index in [-0.39, 0.29) is 5.91 Å². The van der Waals surface area contributed by atoms with Crippen molar-refractivity contribution in [2.45, 2.75) is 26.2 Å². The highest BCUT2D eigenvalue weighted by molar-refractivity contribution is 5.93. The van der Waals surface area contributed by atoms with E-state index in [0.717, 1.165) is 23.7 Å². The summed E-state index contributed by atoms with van der Waals surface area (Å²) in [7, 11) is 0. The average Bonchev–Trinajstić information content (AvgIpc) is 2.17. The molecule has 1 saturated carbocycles. The van der Waals surface area contributed by atoms with Gasteiger partial charge in [-0.05, 0) is 49.4 Å². The predicted octanol–water partition coefficient (Wildman–Crippen LogP) is 2.31. The number of primary amides is 1. The number of nitrogens with one attached hydrogen (secondary N) is 1. The lowest BCUT2D eigenvalue weighted by Crippen LogP contribution is -2.21. The van der Waals surface area contributed by atoms with Gasteiger partial charge in [-0.1, -0.05) is 6.42 Å². The van der Waals surface area contributed by atoms with Crippen molar-refractivity contribution in [3.05, 3.63) is 29.3 Å². The SMILES string of the molecule is Cc1cc(C(N)=O)ccc1NCC1CCC1. The summed E-state index contributed by atoms with van der Waals surface area (Å²) in [5, 5.41) is 3.43. The summed E-state index contributed by atoms with van der Waals surface area (Å²) in [5.74, 6) is 0.462. The van der Waals surface area contributed by atoms with Gasteiger partial charge >= 0.3 is 0 Å². The van der Waals surface area contributed by atoms with Gasteiger partial charge in [-0.3, -0.25) is 4.79 Å². The summed E-state index contributed by atoms with van der Waals surface area (Å²) >= 11 is 0. The molecule has 1 aromatic rings. The molecule has 1 aliphatic carbocycles. The molecule has 1 aromatic carbocycles. The van der Waals surface area contributed by atoms with Gasteiger partial charge in [-0.25, -0.2) is 0 Å². The van der Waals surface area contributed by atoms with Gasteiger partial charge in [-0.2, -0.15) is 0 Å². The van der Waals surface area contributed by atoms with Crippen LogP contribution < -0.4 is 11.1 Å². The number of rotatable bonds is 4. The van der Waals surface area contributed by atoms with Crippen molar-refractivity contribution in [1.82, 2.24) is 0 Å². The highest BCUT2D eigenvalue weighted by Crippen LogP contribution is 2.27. The van der Waals surface area contributed by atoms with E-state index in [9.17, 15) is 4.79 Å². The first-order valence-corrected chi connectivity index (χ1v) is 5.81. The van der Waals surface area contributed by atoms with E-state index in [2.05, 4.69) is 5.32 Å². The summed E-state index contributed by atoms with van der Waals surface area (Å²) in [6.07, 6.45) is 4.04. The van der Waals surface area contributed by atoms with Gasteiger partial charge in [-0.15, -0.1) is 0 Å². The Kier molecular flexibility index (Phi) is 3.13. The monoisotopic (exact) mass is 218 g/mol. The van der Waals surface area contributed by atoms with Crippen molar-refractivity contribution in [3.63, 3.8) is 0 Å². The zero-order chi connectivity index (χ0) is 11.5. The molecule has 3 heteroatoms. The van der Waals surface area contributed by atoms with Crippen LogP contribution in [0.5, 0.6) is 0 Å². The third-order valence-corrected chi connectivity index (χ3v) is 3.32. The first-order chi connectivity index (χ1) is 7.66. The quantitative estimate of drug-likeness (QED) is 0.814. The lowest BCUT2D eigenvalue weighted by atomic mass is 9.85. The maximum atomic E-state index is 11.0. The van der Waals surface area contributed by atoms with Gasteiger partial charge < -0.3 is 11.1 Å². The number of aryl methyl sites for hydroxylation is 1. The molecule has 16 heavy (non-hydrogen) atoms. The molecule has 86 valence electrons. The number of carbonyl (C=O) groups excluding carboxylic acids is 1. The molecular weight excluding hydrogens is 200 g/mol. The fourth-order valence-corrected chi connectivity index (χ4v) is 1.97. The summed E-state index contributed by atoms with van der Waals surface area (Å²) in [6.45, 7) is 3.03. The average molecular weight is 218 g/mol. The maximum Gasteiger partial charge on any atom is 0.248 e. The Bertz CT molecular complexity index is 397. The Morgan fingerprint density at radius 1 is 1.50 bits per heavy atom. The van der Waals surface area contributed by atoms with Crippen LogP contribution in [0.15, 0.2) is 18.2 Å². The van der Waals surface area contributed by atoms with Gasteiger partial charge in [0.1, 0.15) is 0 Å². The second kappa shape index (κ2) is 4.56. The molecule has 0 aromatic heterocycles. The molecule has 0 spiro atoms. The molecule has 3 N–H and O–H groups in total. The van der Waals surface area contributed by atoms with Crippen molar-refractivity contribution < 1.29 is 4.79 Å². The van der Waals surface area contributed by atoms with Gasteiger partial charge in [0.15, 0.2) is 0 Å². The predicted molar refractivity (Wildman–Crippen MR) is 65.5 cm³/mol. The largest absolute Gasteiger partial charge is 0.385 e. The fourth-order valence-electron chi connectivity index (χ4n) is 1.97. The Hall–Kier alpha value is -1.51. The van der Waals surface area contributed by atoms with Gasteiger partial charge in [0, 0.05) is 17.8 Å². The Balaban J connectivity index is 2.00. The van der Waals surface area contributed by atoms with E-state index < -0.39 is 0 Å². The third-order valence-electron chi connectivity index (χ3n) is 3.32. The molecule has 0 atom stereocenters. The fraction of sp³-hybridized carbons (Fsp3) is 0.462. The van der Waals surface area contributed by atoms with Gasteiger partial charge in [0.25, 0.3) is 0 Å². The zero-order valence-corrected chi connectivity index (χ0v) is 9.62. The molecule has 0 saturated heterocycles. The number of carbonyl (C=O) groups is 1.